The molecule has 0 saturated carbocycles. The summed E-state index contributed by atoms with van der Waals surface area (Å²) >= 11 is 5.82. The van der Waals surface area contributed by atoms with Crippen molar-refractivity contribution in [2.24, 2.45) is 0 Å². The zero-order valence-electron chi connectivity index (χ0n) is 14.7. The molecular weight excluding hydrogens is 428 g/mol. The van der Waals surface area contributed by atoms with Gasteiger partial charge in [0.05, 0.1) is 16.5 Å². The van der Waals surface area contributed by atoms with Gasteiger partial charge in [-0.05, 0) is 29.8 Å². The van der Waals surface area contributed by atoms with Crippen LogP contribution in [0.1, 0.15) is 11.3 Å². The van der Waals surface area contributed by atoms with Crippen molar-refractivity contribution in [3.63, 3.8) is 0 Å². The van der Waals surface area contributed by atoms with Crippen molar-refractivity contribution in [2.75, 3.05) is 5.75 Å². The van der Waals surface area contributed by atoms with Gasteiger partial charge in [-0.15, -0.1) is 0 Å². The predicted molar refractivity (Wildman–Crippen MR) is 102 cm³/mol. The maximum absolute atomic E-state index is 13.1. The third kappa shape index (κ3) is 5.58. The zero-order valence-corrected chi connectivity index (χ0v) is 16.3. The highest BCUT2D eigenvalue weighted by molar-refractivity contribution is 7.91. The molecule has 2 aromatic heterocycles. The number of halogens is 3. The SMILES string of the molecule is O=C(CS(=O)(=O)Cc1cc(=O)n2cc(Cl)ccc2n1)NCc1cc(F)cc(F)c1. The maximum atomic E-state index is 13.1. The van der Waals surface area contributed by atoms with Crippen LogP contribution in [0.4, 0.5) is 8.78 Å². The molecule has 0 aliphatic heterocycles. The minimum absolute atomic E-state index is 0.0164. The Hall–Kier alpha value is -2.85. The summed E-state index contributed by atoms with van der Waals surface area (Å²) in [6.45, 7) is -0.237. The van der Waals surface area contributed by atoms with Gasteiger partial charge in [0.2, 0.25) is 5.91 Å². The fourth-order valence-electron chi connectivity index (χ4n) is 2.64. The fourth-order valence-corrected chi connectivity index (χ4v) is 4.00. The van der Waals surface area contributed by atoms with E-state index in [4.69, 9.17) is 11.6 Å². The number of carbonyl (C=O) groups is 1. The molecule has 0 radical (unpaired) electrons. The Bertz CT molecular complexity index is 1240. The largest absolute Gasteiger partial charge is 0.351 e. The second-order valence-corrected chi connectivity index (χ2v) is 8.75. The van der Waals surface area contributed by atoms with E-state index < -0.39 is 44.4 Å². The van der Waals surface area contributed by atoms with Gasteiger partial charge in [-0.1, -0.05) is 11.6 Å². The van der Waals surface area contributed by atoms with Gasteiger partial charge in [-0.25, -0.2) is 22.2 Å². The number of nitrogens with zero attached hydrogens (tertiary/aromatic N) is 2. The number of carbonyl (C=O) groups excluding carboxylic acids is 1. The molecule has 3 rings (SSSR count). The highest BCUT2D eigenvalue weighted by Crippen LogP contribution is 2.10. The number of amides is 1. The first-order chi connectivity index (χ1) is 13.6. The number of rotatable bonds is 6. The molecule has 7 nitrogen and oxygen atoms in total. The normalized spacial score (nSPS) is 11.6. The minimum atomic E-state index is -3.95. The summed E-state index contributed by atoms with van der Waals surface area (Å²) in [6.07, 6.45) is 1.35. The zero-order chi connectivity index (χ0) is 21.2. The number of pyridine rings is 1. The molecule has 0 atom stereocenters. The summed E-state index contributed by atoms with van der Waals surface area (Å²) in [6, 6.07) is 6.75. The van der Waals surface area contributed by atoms with Crippen molar-refractivity contribution < 1.29 is 22.0 Å². The van der Waals surface area contributed by atoms with Gasteiger partial charge in [0.1, 0.15) is 23.0 Å². The fraction of sp³-hybridized carbons (Fsp3) is 0.167. The van der Waals surface area contributed by atoms with E-state index in [0.29, 0.717) is 11.1 Å². The number of benzene rings is 1. The van der Waals surface area contributed by atoms with E-state index in [1.807, 2.05) is 0 Å². The topological polar surface area (TPSA) is 97.6 Å². The third-order valence-electron chi connectivity index (χ3n) is 3.81. The Kier molecular flexibility index (Phi) is 5.94. The number of aromatic nitrogens is 2. The summed E-state index contributed by atoms with van der Waals surface area (Å²) in [7, 11) is -3.95. The number of hydrogen-bond acceptors (Lipinski definition) is 5. The van der Waals surface area contributed by atoms with Crippen LogP contribution in [0, 0.1) is 11.6 Å². The molecule has 152 valence electrons. The third-order valence-corrected chi connectivity index (χ3v) is 5.47. The Balaban J connectivity index is 1.68. The Morgan fingerprint density at radius 1 is 1.14 bits per heavy atom. The van der Waals surface area contributed by atoms with Gasteiger partial charge in [-0.2, -0.15) is 0 Å². The molecule has 0 aliphatic rings. The average Bonchev–Trinajstić information content (AvgIpc) is 2.59. The summed E-state index contributed by atoms with van der Waals surface area (Å²) in [5.74, 6) is -3.96. The summed E-state index contributed by atoms with van der Waals surface area (Å²) < 4.78 is 52.0. The molecule has 0 aliphatic carbocycles. The van der Waals surface area contributed by atoms with Gasteiger partial charge in [0.25, 0.3) is 5.56 Å². The molecule has 0 fully saturated rings. The minimum Gasteiger partial charge on any atom is -0.351 e. The van der Waals surface area contributed by atoms with E-state index in [0.717, 1.165) is 18.2 Å². The predicted octanol–water partition coefficient (Wildman–Crippen LogP) is 1.86. The average molecular weight is 442 g/mol. The standard InChI is InChI=1S/C18H14ClF2N3O4S/c19-12-1-2-16-23-15(6-18(26)24(16)8-12)9-29(27,28)10-17(25)22-7-11-3-13(20)5-14(21)4-11/h1-6,8H,7,9-10H2,(H,22,25). The summed E-state index contributed by atoms with van der Waals surface area (Å²) in [5.41, 5.74) is -0.168. The first-order valence-corrected chi connectivity index (χ1v) is 10.4. The molecule has 1 aromatic carbocycles. The summed E-state index contributed by atoms with van der Waals surface area (Å²) in [5, 5.41) is 2.61. The van der Waals surface area contributed by atoms with E-state index in [2.05, 4.69) is 10.3 Å². The van der Waals surface area contributed by atoms with Crippen LogP contribution in [0.25, 0.3) is 5.65 Å². The van der Waals surface area contributed by atoms with Gasteiger partial charge < -0.3 is 5.32 Å². The van der Waals surface area contributed by atoms with E-state index in [-0.39, 0.29) is 23.4 Å². The number of sulfone groups is 1. The Labute approximate surface area is 168 Å². The lowest BCUT2D eigenvalue weighted by atomic mass is 10.2. The van der Waals surface area contributed by atoms with E-state index in [1.165, 1.54) is 22.7 Å². The second kappa shape index (κ2) is 8.26. The van der Waals surface area contributed by atoms with Crippen molar-refractivity contribution >= 4 is 33.0 Å². The van der Waals surface area contributed by atoms with Crippen LogP contribution in [0.5, 0.6) is 0 Å². The first-order valence-electron chi connectivity index (χ1n) is 8.21. The van der Waals surface area contributed by atoms with E-state index in [1.54, 1.807) is 0 Å². The molecule has 11 heteroatoms. The van der Waals surface area contributed by atoms with Crippen LogP contribution in [-0.2, 0) is 26.9 Å². The van der Waals surface area contributed by atoms with Crippen LogP contribution < -0.4 is 10.9 Å². The molecule has 3 aromatic rings. The van der Waals surface area contributed by atoms with Gasteiger partial charge in [-0.3, -0.25) is 14.0 Å². The lowest BCUT2D eigenvalue weighted by Crippen LogP contribution is -2.31. The van der Waals surface area contributed by atoms with Gasteiger partial charge in [0, 0.05) is 24.9 Å². The highest BCUT2D eigenvalue weighted by Gasteiger charge is 2.19. The van der Waals surface area contributed by atoms with Crippen molar-refractivity contribution in [3.05, 3.63) is 80.9 Å². The molecule has 0 unspecified atom stereocenters. The molecule has 0 saturated heterocycles. The number of hydrogen-bond donors (Lipinski definition) is 1. The molecule has 0 bridgehead atoms. The monoisotopic (exact) mass is 441 g/mol. The van der Waals surface area contributed by atoms with Crippen molar-refractivity contribution in [1.82, 2.24) is 14.7 Å². The number of nitrogens with one attached hydrogen (secondary N) is 1. The quantitative estimate of drug-likeness (QED) is 0.629. The van der Waals surface area contributed by atoms with Crippen LogP contribution in [0.3, 0.4) is 0 Å². The number of fused-ring (bicyclic) bond motifs is 1. The smallest absolute Gasteiger partial charge is 0.258 e. The Morgan fingerprint density at radius 2 is 1.83 bits per heavy atom. The maximum Gasteiger partial charge on any atom is 0.258 e. The van der Waals surface area contributed by atoms with Crippen LogP contribution in [0.15, 0.2) is 47.4 Å². The van der Waals surface area contributed by atoms with Crippen molar-refractivity contribution in [3.8, 4) is 0 Å². The lowest BCUT2D eigenvalue weighted by molar-refractivity contribution is -0.118. The second-order valence-electron chi connectivity index (χ2n) is 6.25. The highest BCUT2D eigenvalue weighted by atomic mass is 35.5. The molecule has 29 heavy (non-hydrogen) atoms. The molecular formula is C18H14ClF2N3O4S. The lowest BCUT2D eigenvalue weighted by Gasteiger charge is -2.08. The van der Waals surface area contributed by atoms with Gasteiger partial charge >= 0.3 is 0 Å². The van der Waals surface area contributed by atoms with Crippen LogP contribution in [-0.4, -0.2) is 29.5 Å². The molecule has 0 spiro atoms. The van der Waals surface area contributed by atoms with E-state index >= 15 is 0 Å². The molecule has 1 amide bonds. The van der Waals surface area contributed by atoms with Crippen molar-refractivity contribution in [1.29, 1.82) is 0 Å². The Morgan fingerprint density at radius 3 is 2.52 bits per heavy atom. The molecule has 1 N–H and O–H groups in total. The van der Waals surface area contributed by atoms with E-state index in [9.17, 15) is 26.8 Å². The van der Waals surface area contributed by atoms with Crippen molar-refractivity contribution in [2.45, 2.75) is 12.3 Å². The van der Waals surface area contributed by atoms with Crippen LogP contribution in [0.2, 0.25) is 5.02 Å². The summed E-state index contributed by atoms with van der Waals surface area (Å²) in [4.78, 5) is 28.1. The molecule has 2 heterocycles. The van der Waals surface area contributed by atoms with Crippen LogP contribution >= 0.6 is 11.6 Å². The van der Waals surface area contributed by atoms with Gasteiger partial charge in [0.15, 0.2) is 9.84 Å². The first kappa shape index (κ1) is 20.9.